The number of ether oxygens (including phenoxy) is 1. The average Bonchev–Trinajstić information content (AvgIpc) is 2.69. The van der Waals surface area contributed by atoms with E-state index in [1.54, 1.807) is 0 Å². The van der Waals surface area contributed by atoms with Crippen molar-refractivity contribution in [2.75, 3.05) is 0 Å². The summed E-state index contributed by atoms with van der Waals surface area (Å²) in [5.41, 5.74) is 3.83. The molecule has 2 aromatic carbocycles. The van der Waals surface area contributed by atoms with Crippen molar-refractivity contribution in [1.29, 1.82) is 0 Å². The lowest BCUT2D eigenvalue weighted by molar-refractivity contribution is -0.149. The Morgan fingerprint density at radius 2 is 1.56 bits per heavy atom. The number of allylic oxidation sites excluding steroid dienone is 3. The minimum absolute atomic E-state index is 0.143. The quantitative estimate of drug-likeness (QED) is 0.706. The molecule has 1 nitrogen and oxygen atoms in total. The molecule has 2 heterocycles. The summed E-state index contributed by atoms with van der Waals surface area (Å²) in [5, 5.41) is 0. The molecule has 0 spiro atoms. The number of hydrogen-bond donors (Lipinski definition) is 0. The molecular weight excluding hydrogens is 304 g/mol. The average molecular weight is 326 g/mol. The molecule has 124 valence electrons. The Kier molecular flexibility index (Phi) is 3.50. The van der Waals surface area contributed by atoms with Gasteiger partial charge in [0.25, 0.3) is 0 Å². The number of fused-ring (bicyclic) bond motifs is 4. The lowest BCUT2D eigenvalue weighted by Crippen LogP contribution is -2.48. The highest BCUT2D eigenvalue weighted by Gasteiger charge is 2.49. The second kappa shape index (κ2) is 5.86. The molecule has 1 heteroatoms. The van der Waals surface area contributed by atoms with E-state index in [1.807, 2.05) is 0 Å². The van der Waals surface area contributed by atoms with Crippen LogP contribution in [0.4, 0.5) is 0 Å². The normalized spacial score (nSPS) is 32.8. The van der Waals surface area contributed by atoms with E-state index in [1.165, 1.54) is 16.7 Å². The van der Waals surface area contributed by atoms with Gasteiger partial charge in [-0.3, -0.25) is 0 Å². The van der Waals surface area contributed by atoms with Crippen LogP contribution in [0.5, 0.6) is 0 Å². The number of rotatable bonds is 2. The van der Waals surface area contributed by atoms with E-state index in [4.69, 9.17) is 4.74 Å². The third-order valence-corrected chi connectivity index (χ3v) is 5.89. The van der Waals surface area contributed by atoms with Crippen LogP contribution >= 0.6 is 0 Å². The van der Waals surface area contributed by atoms with Crippen LogP contribution in [0.3, 0.4) is 0 Å². The third-order valence-electron chi connectivity index (χ3n) is 5.89. The minimum Gasteiger partial charge on any atom is -0.362 e. The van der Waals surface area contributed by atoms with Gasteiger partial charge in [-0.25, -0.2) is 0 Å². The summed E-state index contributed by atoms with van der Waals surface area (Å²) in [6.07, 6.45) is 13.6. The van der Waals surface area contributed by atoms with Crippen LogP contribution in [-0.2, 0) is 10.3 Å². The van der Waals surface area contributed by atoms with Crippen molar-refractivity contribution in [1.82, 2.24) is 0 Å². The molecule has 25 heavy (non-hydrogen) atoms. The smallest absolute Gasteiger partial charge is 0.0985 e. The van der Waals surface area contributed by atoms with Crippen LogP contribution in [-0.4, -0.2) is 6.10 Å². The van der Waals surface area contributed by atoms with Gasteiger partial charge in [0, 0.05) is 12.3 Å². The fraction of sp³-hybridized carbons (Fsp3) is 0.250. The first-order chi connectivity index (χ1) is 12.3. The Morgan fingerprint density at radius 1 is 0.840 bits per heavy atom. The van der Waals surface area contributed by atoms with E-state index in [9.17, 15) is 0 Å². The SMILES string of the molecule is C1=CC2C[C@]3(c4ccccc4)CC(c4ccccc4)=C[C@@H](O3)C2C=C1. The van der Waals surface area contributed by atoms with E-state index in [0.717, 1.165) is 12.8 Å². The van der Waals surface area contributed by atoms with Crippen molar-refractivity contribution in [3.8, 4) is 0 Å². The molecule has 5 rings (SSSR count). The molecule has 2 bridgehead atoms. The van der Waals surface area contributed by atoms with Crippen molar-refractivity contribution < 1.29 is 4.74 Å². The van der Waals surface area contributed by atoms with Gasteiger partial charge in [-0.2, -0.15) is 0 Å². The molecule has 0 amide bonds. The van der Waals surface area contributed by atoms with E-state index < -0.39 is 0 Å². The van der Waals surface area contributed by atoms with Gasteiger partial charge in [-0.15, -0.1) is 0 Å². The molecule has 0 radical (unpaired) electrons. The van der Waals surface area contributed by atoms with Gasteiger partial charge in [-0.1, -0.05) is 91.0 Å². The first kappa shape index (κ1) is 14.9. The van der Waals surface area contributed by atoms with Crippen molar-refractivity contribution in [2.24, 2.45) is 11.8 Å². The Labute approximate surface area is 149 Å². The molecule has 1 fully saturated rings. The van der Waals surface area contributed by atoms with Crippen molar-refractivity contribution in [2.45, 2.75) is 24.5 Å². The highest BCUT2D eigenvalue weighted by atomic mass is 16.5. The minimum atomic E-state index is -0.220. The van der Waals surface area contributed by atoms with Crippen molar-refractivity contribution in [3.05, 3.63) is 102 Å². The summed E-state index contributed by atoms with van der Waals surface area (Å²) in [6.45, 7) is 0. The van der Waals surface area contributed by atoms with Gasteiger partial charge in [0.2, 0.25) is 0 Å². The summed E-state index contributed by atoms with van der Waals surface area (Å²) in [6, 6.07) is 21.6. The Hall–Kier alpha value is -2.38. The molecule has 2 unspecified atom stereocenters. The predicted molar refractivity (Wildman–Crippen MR) is 102 cm³/mol. The fourth-order valence-corrected chi connectivity index (χ4v) is 4.70. The highest BCUT2D eigenvalue weighted by molar-refractivity contribution is 5.68. The topological polar surface area (TPSA) is 9.23 Å². The molecule has 1 saturated heterocycles. The molecule has 1 aliphatic carbocycles. The van der Waals surface area contributed by atoms with E-state index >= 15 is 0 Å². The Balaban J connectivity index is 1.63. The third kappa shape index (κ3) is 2.51. The number of hydrogen-bond acceptors (Lipinski definition) is 1. The van der Waals surface area contributed by atoms with E-state index in [0.29, 0.717) is 11.8 Å². The van der Waals surface area contributed by atoms with Gasteiger partial charge in [-0.05, 0) is 29.0 Å². The molecule has 3 aliphatic rings. The lowest BCUT2D eigenvalue weighted by atomic mass is 9.67. The molecular formula is C24H22O. The van der Waals surface area contributed by atoms with Crippen LogP contribution < -0.4 is 0 Å². The molecule has 0 N–H and O–H groups in total. The summed E-state index contributed by atoms with van der Waals surface area (Å²) in [7, 11) is 0. The summed E-state index contributed by atoms with van der Waals surface area (Å²) < 4.78 is 6.76. The highest BCUT2D eigenvalue weighted by Crippen LogP contribution is 2.53. The molecule has 2 aliphatic heterocycles. The van der Waals surface area contributed by atoms with Crippen LogP contribution in [0, 0.1) is 11.8 Å². The largest absolute Gasteiger partial charge is 0.362 e. The second-order valence-corrected chi connectivity index (χ2v) is 7.39. The maximum atomic E-state index is 6.76. The standard InChI is InChI=1S/C24H22O/c1-3-9-18(10-4-1)20-15-23-22-14-8-7-11-19(22)16-24(17-20,25-23)21-12-5-2-6-13-21/h1-15,19,22-23H,16-17H2/t19?,22?,23-,24-/m1/s1. The molecule has 4 atom stereocenters. The van der Waals surface area contributed by atoms with Crippen LogP contribution in [0.2, 0.25) is 0 Å². The predicted octanol–water partition coefficient (Wildman–Crippen LogP) is 5.52. The van der Waals surface area contributed by atoms with Gasteiger partial charge < -0.3 is 4.74 Å². The van der Waals surface area contributed by atoms with Crippen LogP contribution in [0.1, 0.15) is 24.0 Å². The van der Waals surface area contributed by atoms with E-state index in [-0.39, 0.29) is 11.7 Å². The summed E-state index contributed by atoms with van der Waals surface area (Å²) in [4.78, 5) is 0. The first-order valence-corrected chi connectivity index (χ1v) is 9.19. The van der Waals surface area contributed by atoms with Gasteiger partial charge in [0.1, 0.15) is 0 Å². The zero-order valence-electron chi connectivity index (χ0n) is 14.2. The first-order valence-electron chi connectivity index (χ1n) is 9.19. The molecule has 0 saturated carbocycles. The van der Waals surface area contributed by atoms with Crippen LogP contribution in [0.25, 0.3) is 5.57 Å². The van der Waals surface area contributed by atoms with Gasteiger partial charge in [0.15, 0.2) is 0 Å². The summed E-state index contributed by atoms with van der Waals surface area (Å²) >= 11 is 0. The van der Waals surface area contributed by atoms with E-state index in [2.05, 4.69) is 91.0 Å². The van der Waals surface area contributed by atoms with Crippen molar-refractivity contribution in [3.63, 3.8) is 0 Å². The monoisotopic (exact) mass is 326 g/mol. The second-order valence-electron chi connectivity index (χ2n) is 7.39. The lowest BCUT2D eigenvalue weighted by Gasteiger charge is -2.51. The molecule has 2 aromatic rings. The van der Waals surface area contributed by atoms with Crippen LogP contribution in [0.15, 0.2) is 91.0 Å². The molecule has 0 aromatic heterocycles. The summed E-state index contributed by atoms with van der Waals surface area (Å²) in [5.74, 6) is 0.998. The van der Waals surface area contributed by atoms with Gasteiger partial charge in [0.05, 0.1) is 11.7 Å². The Morgan fingerprint density at radius 3 is 2.36 bits per heavy atom. The fourth-order valence-electron chi connectivity index (χ4n) is 4.70. The zero-order chi connectivity index (χ0) is 16.7. The zero-order valence-corrected chi connectivity index (χ0v) is 14.2. The maximum Gasteiger partial charge on any atom is 0.0985 e. The van der Waals surface area contributed by atoms with Crippen molar-refractivity contribution >= 4 is 5.57 Å². The van der Waals surface area contributed by atoms with Gasteiger partial charge >= 0.3 is 0 Å². The Bertz CT molecular complexity index is 846. The maximum absolute atomic E-state index is 6.76. The number of benzene rings is 2.